The van der Waals surface area contributed by atoms with Gasteiger partial charge >= 0.3 is 5.97 Å². The molecule has 1 N–H and O–H groups in total. The van der Waals surface area contributed by atoms with Crippen molar-refractivity contribution < 1.29 is 19.1 Å². The summed E-state index contributed by atoms with van der Waals surface area (Å²) < 4.78 is 10.5. The number of carbonyl (C=O) groups excluding carboxylic acids is 2. The highest BCUT2D eigenvalue weighted by Gasteiger charge is 2.18. The number of rotatable bonds is 7. The van der Waals surface area contributed by atoms with Crippen molar-refractivity contribution >= 4 is 18.0 Å². The number of hydrogen-bond donors (Lipinski definition) is 1. The summed E-state index contributed by atoms with van der Waals surface area (Å²) in [4.78, 5) is 23.9. The molecule has 1 aliphatic rings. The second-order valence-electron chi connectivity index (χ2n) is 7.52. The summed E-state index contributed by atoms with van der Waals surface area (Å²) in [6.45, 7) is 0.351. The van der Waals surface area contributed by atoms with Crippen LogP contribution in [0, 0.1) is 11.3 Å². The molecule has 1 aliphatic carbocycles. The molecule has 1 fully saturated rings. The molecule has 0 unspecified atom stereocenters. The van der Waals surface area contributed by atoms with Gasteiger partial charge in [0, 0.05) is 6.04 Å². The van der Waals surface area contributed by atoms with Crippen molar-refractivity contribution in [1.29, 1.82) is 5.26 Å². The van der Waals surface area contributed by atoms with Crippen LogP contribution in [0.5, 0.6) is 5.75 Å². The fraction of sp³-hybridized carbons (Fsp3) is 0.320. The lowest BCUT2D eigenvalue weighted by Gasteiger charge is -2.22. The molecule has 0 bridgehead atoms. The maximum Gasteiger partial charge on any atom is 0.337 e. The molecule has 0 aromatic heterocycles. The average molecular weight is 418 g/mol. The summed E-state index contributed by atoms with van der Waals surface area (Å²) in [6.07, 6.45) is 6.98. The van der Waals surface area contributed by atoms with Crippen molar-refractivity contribution in [2.75, 3.05) is 7.11 Å². The Morgan fingerprint density at radius 1 is 1.06 bits per heavy atom. The van der Waals surface area contributed by atoms with E-state index in [9.17, 15) is 14.9 Å². The van der Waals surface area contributed by atoms with Crippen LogP contribution in [0.15, 0.2) is 54.1 Å². The summed E-state index contributed by atoms with van der Waals surface area (Å²) in [5.41, 5.74) is 2.26. The van der Waals surface area contributed by atoms with Crippen LogP contribution in [0.4, 0.5) is 0 Å². The Balaban J connectivity index is 1.56. The number of nitrogens with zero attached hydrogens (tertiary/aromatic N) is 1. The van der Waals surface area contributed by atoms with E-state index in [4.69, 9.17) is 4.74 Å². The van der Waals surface area contributed by atoms with E-state index in [0.29, 0.717) is 17.9 Å². The van der Waals surface area contributed by atoms with Gasteiger partial charge in [-0.1, -0.05) is 43.5 Å². The number of nitriles is 1. The maximum absolute atomic E-state index is 12.4. The van der Waals surface area contributed by atoms with Gasteiger partial charge in [0.1, 0.15) is 24.0 Å². The first-order valence-electron chi connectivity index (χ1n) is 10.4. The minimum absolute atomic E-state index is 0.102. The summed E-state index contributed by atoms with van der Waals surface area (Å²) in [6, 6.07) is 16.4. The Morgan fingerprint density at radius 3 is 2.35 bits per heavy atom. The van der Waals surface area contributed by atoms with E-state index < -0.39 is 0 Å². The fourth-order valence-electron chi connectivity index (χ4n) is 3.51. The molecule has 1 amide bonds. The monoisotopic (exact) mass is 418 g/mol. The molecule has 2 aromatic carbocycles. The number of esters is 1. The molecule has 0 saturated heterocycles. The van der Waals surface area contributed by atoms with Gasteiger partial charge in [-0.25, -0.2) is 4.79 Å². The number of carbonyl (C=O) groups is 2. The highest BCUT2D eigenvalue weighted by Crippen LogP contribution is 2.19. The van der Waals surface area contributed by atoms with Crippen LogP contribution in [0.25, 0.3) is 6.08 Å². The third-order valence-electron chi connectivity index (χ3n) is 5.28. The van der Waals surface area contributed by atoms with Gasteiger partial charge < -0.3 is 14.8 Å². The first-order valence-corrected chi connectivity index (χ1v) is 10.4. The van der Waals surface area contributed by atoms with E-state index in [2.05, 4.69) is 10.1 Å². The third-order valence-corrected chi connectivity index (χ3v) is 5.28. The van der Waals surface area contributed by atoms with E-state index in [-0.39, 0.29) is 23.5 Å². The van der Waals surface area contributed by atoms with Crippen molar-refractivity contribution in [2.45, 2.75) is 44.8 Å². The van der Waals surface area contributed by atoms with Crippen LogP contribution in [0.2, 0.25) is 0 Å². The van der Waals surface area contributed by atoms with Crippen LogP contribution in [-0.4, -0.2) is 25.0 Å². The minimum atomic E-state index is -0.375. The summed E-state index contributed by atoms with van der Waals surface area (Å²) >= 11 is 0. The van der Waals surface area contributed by atoms with E-state index >= 15 is 0 Å². The van der Waals surface area contributed by atoms with E-state index in [1.165, 1.54) is 13.5 Å². The Bertz CT molecular complexity index is 966. The van der Waals surface area contributed by atoms with Gasteiger partial charge in [-0.3, -0.25) is 4.79 Å². The van der Waals surface area contributed by atoms with E-state index in [0.717, 1.165) is 36.8 Å². The molecule has 0 atom stereocenters. The molecule has 6 heteroatoms. The second-order valence-corrected chi connectivity index (χ2v) is 7.52. The first kappa shape index (κ1) is 22.1. The van der Waals surface area contributed by atoms with Gasteiger partial charge in [0.05, 0.1) is 12.7 Å². The zero-order valence-corrected chi connectivity index (χ0v) is 17.6. The van der Waals surface area contributed by atoms with Crippen LogP contribution >= 0.6 is 0 Å². The molecule has 0 heterocycles. The van der Waals surface area contributed by atoms with Crippen molar-refractivity contribution in [3.8, 4) is 11.8 Å². The van der Waals surface area contributed by atoms with E-state index in [1.807, 2.05) is 18.2 Å². The molecule has 3 rings (SSSR count). The topological polar surface area (TPSA) is 88.4 Å². The number of ether oxygens (including phenoxy) is 2. The second kappa shape index (κ2) is 11.0. The number of nitrogens with one attached hydrogen (secondary N) is 1. The molecule has 1 saturated carbocycles. The summed E-state index contributed by atoms with van der Waals surface area (Å²) in [7, 11) is 1.35. The largest absolute Gasteiger partial charge is 0.489 e. The van der Waals surface area contributed by atoms with Gasteiger partial charge in [-0.2, -0.15) is 5.26 Å². The number of amides is 1. The van der Waals surface area contributed by atoms with Crippen molar-refractivity contribution in [3.05, 3.63) is 70.8 Å². The Hall–Kier alpha value is -3.59. The lowest BCUT2D eigenvalue weighted by atomic mass is 9.95. The van der Waals surface area contributed by atoms with Gasteiger partial charge in [0.2, 0.25) is 0 Å². The van der Waals surface area contributed by atoms with Crippen LogP contribution in [0.1, 0.15) is 53.6 Å². The standard InChI is InChI=1S/C25H26N2O4/c1-30-25(29)20-11-7-19(8-12-20)17-31-23-13-9-18(10-14-23)15-21(16-26)24(28)27-22-5-3-2-4-6-22/h7-15,22H,2-6,17H2,1H3,(H,27,28)/b21-15-. The fourth-order valence-corrected chi connectivity index (χ4v) is 3.51. The molecular weight excluding hydrogens is 392 g/mol. The lowest BCUT2D eigenvalue weighted by Crippen LogP contribution is -2.36. The number of methoxy groups -OCH3 is 1. The maximum atomic E-state index is 12.4. The predicted octanol–water partition coefficient (Wildman–Crippen LogP) is 4.41. The van der Waals surface area contributed by atoms with Gasteiger partial charge in [-0.15, -0.1) is 0 Å². The third kappa shape index (κ3) is 6.45. The highest BCUT2D eigenvalue weighted by atomic mass is 16.5. The Kier molecular flexibility index (Phi) is 7.83. The molecule has 0 spiro atoms. The Labute approximate surface area is 182 Å². The zero-order chi connectivity index (χ0) is 22.1. The Morgan fingerprint density at radius 2 is 1.74 bits per heavy atom. The van der Waals surface area contributed by atoms with Gasteiger partial charge in [0.15, 0.2) is 0 Å². The molecular formula is C25H26N2O4. The number of hydrogen-bond acceptors (Lipinski definition) is 5. The normalized spacial score (nSPS) is 14.4. The summed E-state index contributed by atoms with van der Waals surface area (Å²) in [5, 5.41) is 12.4. The first-order chi connectivity index (χ1) is 15.1. The molecule has 2 aromatic rings. The zero-order valence-electron chi connectivity index (χ0n) is 17.6. The smallest absolute Gasteiger partial charge is 0.337 e. The minimum Gasteiger partial charge on any atom is -0.489 e. The molecule has 6 nitrogen and oxygen atoms in total. The van der Waals surface area contributed by atoms with Crippen LogP contribution < -0.4 is 10.1 Å². The molecule has 0 radical (unpaired) electrons. The molecule has 0 aliphatic heterocycles. The van der Waals surface area contributed by atoms with E-state index in [1.54, 1.807) is 42.5 Å². The quantitative estimate of drug-likeness (QED) is 0.409. The van der Waals surface area contributed by atoms with Crippen LogP contribution in [0.3, 0.4) is 0 Å². The van der Waals surface area contributed by atoms with Crippen molar-refractivity contribution in [2.24, 2.45) is 0 Å². The molecule has 160 valence electrons. The van der Waals surface area contributed by atoms with Gasteiger partial charge in [0.25, 0.3) is 5.91 Å². The van der Waals surface area contributed by atoms with Gasteiger partial charge in [-0.05, 0) is 54.3 Å². The molecule has 31 heavy (non-hydrogen) atoms. The van der Waals surface area contributed by atoms with Crippen molar-refractivity contribution in [3.63, 3.8) is 0 Å². The highest BCUT2D eigenvalue weighted by molar-refractivity contribution is 6.01. The predicted molar refractivity (Wildman–Crippen MR) is 117 cm³/mol. The van der Waals surface area contributed by atoms with Crippen molar-refractivity contribution in [1.82, 2.24) is 5.32 Å². The SMILES string of the molecule is COC(=O)c1ccc(COc2ccc(/C=C(/C#N)C(=O)NC3CCCCC3)cc2)cc1. The number of benzene rings is 2. The van der Waals surface area contributed by atoms with Crippen LogP contribution in [-0.2, 0) is 16.1 Å². The summed E-state index contributed by atoms with van der Waals surface area (Å²) in [5.74, 6) is -0.0234. The lowest BCUT2D eigenvalue weighted by molar-refractivity contribution is -0.117. The average Bonchev–Trinajstić information content (AvgIpc) is 2.82.